The van der Waals surface area contributed by atoms with Gasteiger partial charge in [-0.05, 0) is 28.1 Å². The van der Waals surface area contributed by atoms with E-state index < -0.39 is 0 Å². The van der Waals surface area contributed by atoms with Crippen LogP contribution in [0.2, 0.25) is 0 Å². The summed E-state index contributed by atoms with van der Waals surface area (Å²) in [5, 5.41) is 1.97. The molecule has 0 saturated carbocycles. The zero-order chi connectivity index (χ0) is 13.1. The SMILES string of the molecule is CN(Cc1cc(Br)cs1)C(=O)c1cc[nH]c(=O)c1. The van der Waals surface area contributed by atoms with Crippen LogP contribution in [0.1, 0.15) is 15.2 Å². The Morgan fingerprint density at radius 1 is 1.50 bits per heavy atom. The van der Waals surface area contributed by atoms with Gasteiger partial charge in [-0.1, -0.05) is 0 Å². The van der Waals surface area contributed by atoms with E-state index in [4.69, 9.17) is 0 Å². The van der Waals surface area contributed by atoms with E-state index in [1.807, 2.05) is 11.4 Å². The highest BCUT2D eigenvalue weighted by molar-refractivity contribution is 9.10. The van der Waals surface area contributed by atoms with Gasteiger partial charge in [0, 0.05) is 39.6 Å². The quantitative estimate of drug-likeness (QED) is 0.942. The van der Waals surface area contributed by atoms with E-state index in [1.54, 1.807) is 29.4 Å². The number of hydrogen-bond donors (Lipinski definition) is 1. The molecule has 0 bridgehead atoms. The number of nitrogens with zero attached hydrogens (tertiary/aromatic N) is 1. The average molecular weight is 327 g/mol. The van der Waals surface area contributed by atoms with Crippen molar-refractivity contribution < 1.29 is 4.79 Å². The van der Waals surface area contributed by atoms with Crippen molar-refractivity contribution in [2.45, 2.75) is 6.54 Å². The third-order valence-corrected chi connectivity index (χ3v) is 4.07. The predicted octanol–water partition coefficient (Wildman–Crippen LogP) is 2.47. The summed E-state index contributed by atoms with van der Waals surface area (Å²) in [7, 11) is 1.72. The lowest BCUT2D eigenvalue weighted by molar-refractivity contribution is 0.0786. The highest BCUT2D eigenvalue weighted by Crippen LogP contribution is 2.21. The molecule has 0 aromatic carbocycles. The largest absolute Gasteiger partial charge is 0.337 e. The Morgan fingerprint density at radius 2 is 2.28 bits per heavy atom. The number of aromatic nitrogens is 1. The number of H-pyrrole nitrogens is 1. The van der Waals surface area contributed by atoms with Gasteiger partial charge >= 0.3 is 0 Å². The van der Waals surface area contributed by atoms with E-state index in [1.165, 1.54) is 12.3 Å². The van der Waals surface area contributed by atoms with Gasteiger partial charge in [0.05, 0.1) is 6.54 Å². The van der Waals surface area contributed by atoms with Gasteiger partial charge in [-0.15, -0.1) is 11.3 Å². The minimum atomic E-state index is -0.270. The van der Waals surface area contributed by atoms with Gasteiger partial charge in [-0.3, -0.25) is 9.59 Å². The lowest BCUT2D eigenvalue weighted by Crippen LogP contribution is -2.26. The normalized spacial score (nSPS) is 10.3. The first-order chi connectivity index (χ1) is 8.56. The molecular weight excluding hydrogens is 316 g/mol. The maximum Gasteiger partial charge on any atom is 0.254 e. The Bertz CT molecular complexity index is 620. The number of nitrogens with one attached hydrogen (secondary N) is 1. The zero-order valence-corrected chi connectivity index (χ0v) is 12.0. The lowest BCUT2D eigenvalue weighted by Gasteiger charge is -2.15. The Kier molecular flexibility index (Phi) is 3.98. The summed E-state index contributed by atoms with van der Waals surface area (Å²) in [6.45, 7) is 0.530. The fourth-order valence-electron chi connectivity index (χ4n) is 1.54. The maximum absolute atomic E-state index is 12.1. The first kappa shape index (κ1) is 13.0. The number of thiophene rings is 1. The van der Waals surface area contributed by atoms with Gasteiger partial charge in [-0.25, -0.2) is 0 Å². The van der Waals surface area contributed by atoms with Crippen LogP contribution < -0.4 is 5.56 Å². The fourth-order valence-corrected chi connectivity index (χ4v) is 3.04. The van der Waals surface area contributed by atoms with Crippen molar-refractivity contribution in [1.29, 1.82) is 0 Å². The number of amides is 1. The van der Waals surface area contributed by atoms with Crippen LogP contribution in [-0.2, 0) is 6.54 Å². The number of rotatable bonds is 3. The van der Waals surface area contributed by atoms with Gasteiger partial charge in [-0.2, -0.15) is 0 Å². The van der Waals surface area contributed by atoms with Crippen LogP contribution in [0, 0.1) is 0 Å². The molecule has 0 radical (unpaired) electrons. The Labute approximate surface area is 116 Å². The number of pyridine rings is 1. The smallest absolute Gasteiger partial charge is 0.254 e. The van der Waals surface area contributed by atoms with Crippen LogP contribution in [0.3, 0.4) is 0 Å². The third kappa shape index (κ3) is 3.08. The van der Waals surface area contributed by atoms with Crippen LogP contribution >= 0.6 is 27.3 Å². The van der Waals surface area contributed by atoms with Crippen molar-refractivity contribution in [2.75, 3.05) is 7.05 Å². The summed E-state index contributed by atoms with van der Waals surface area (Å²) in [6, 6.07) is 4.89. The average Bonchev–Trinajstić information content (AvgIpc) is 2.73. The first-order valence-corrected chi connectivity index (χ1v) is 6.90. The van der Waals surface area contributed by atoms with E-state index in [9.17, 15) is 9.59 Å². The van der Waals surface area contributed by atoms with Gasteiger partial charge in [0.2, 0.25) is 5.56 Å². The van der Waals surface area contributed by atoms with Crippen molar-refractivity contribution in [1.82, 2.24) is 9.88 Å². The van der Waals surface area contributed by atoms with E-state index >= 15 is 0 Å². The number of aromatic amines is 1. The summed E-state index contributed by atoms with van der Waals surface area (Å²) >= 11 is 4.96. The predicted molar refractivity (Wildman–Crippen MR) is 74.9 cm³/mol. The van der Waals surface area contributed by atoms with Crippen molar-refractivity contribution in [3.8, 4) is 0 Å². The molecule has 0 aliphatic carbocycles. The molecule has 0 atom stereocenters. The first-order valence-electron chi connectivity index (χ1n) is 5.23. The molecule has 2 heterocycles. The number of hydrogen-bond acceptors (Lipinski definition) is 3. The van der Waals surface area contributed by atoms with Crippen LogP contribution in [0.15, 0.2) is 39.0 Å². The summed E-state index contributed by atoms with van der Waals surface area (Å²) in [5.41, 5.74) is 0.130. The highest BCUT2D eigenvalue weighted by atomic mass is 79.9. The molecular formula is C12H11BrN2O2S. The molecule has 0 aliphatic heterocycles. The molecule has 4 nitrogen and oxygen atoms in total. The number of halogens is 1. The fraction of sp³-hybridized carbons (Fsp3) is 0.167. The van der Waals surface area contributed by atoms with Crippen LogP contribution in [0.25, 0.3) is 0 Å². The minimum Gasteiger partial charge on any atom is -0.337 e. The van der Waals surface area contributed by atoms with E-state index in [2.05, 4.69) is 20.9 Å². The molecule has 0 fully saturated rings. The standard InChI is InChI=1S/C12H11BrN2O2S/c1-15(6-10-5-9(13)7-18-10)12(17)8-2-3-14-11(16)4-8/h2-5,7H,6H2,1H3,(H,14,16). The van der Waals surface area contributed by atoms with Gasteiger partial charge < -0.3 is 9.88 Å². The molecule has 0 spiro atoms. The second kappa shape index (κ2) is 5.49. The third-order valence-electron chi connectivity index (χ3n) is 2.38. The molecule has 0 aliphatic rings. The zero-order valence-electron chi connectivity index (χ0n) is 9.64. The Morgan fingerprint density at radius 3 is 2.89 bits per heavy atom. The molecule has 94 valence electrons. The topological polar surface area (TPSA) is 53.2 Å². The van der Waals surface area contributed by atoms with Gasteiger partial charge in [0.1, 0.15) is 0 Å². The maximum atomic E-state index is 12.1. The lowest BCUT2D eigenvalue weighted by atomic mass is 10.2. The molecule has 6 heteroatoms. The molecule has 1 N–H and O–H groups in total. The van der Waals surface area contributed by atoms with Crippen molar-refractivity contribution >= 4 is 33.2 Å². The highest BCUT2D eigenvalue weighted by Gasteiger charge is 2.13. The van der Waals surface area contributed by atoms with Crippen LogP contribution in [-0.4, -0.2) is 22.8 Å². The molecule has 1 amide bonds. The summed E-state index contributed by atoms with van der Waals surface area (Å²) in [6.07, 6.45) is 1.48. The number of carbonyl (C=O) groups excluding carboxylic acids is 1. The monoisotopic (exact) mass is 326 g/mol. The Balaban J connectivity index is 2.11. The molecule has 0 saturated heterocycles. The van der Waals surface area contributed by atoms with Gasteiger partial charge in [0.25, 0.3) is 5.91 Å². The van der Waals surface area contributed by atoms with Crippen LogP contribution in [0.4, 0.5) is 0 Å². The Hall–Kier alpha value is -1.40. The summed E-state index contributed by atoms with van der Waals surface area (Å²) < 4.78 is 1.01. The van der Waals surface area contributed by atoms with E-state index in [0.29, 0.717) is 12.1 Å². The number of carbonyl (C=O) groups is 1. The molecule has 2 aromatic rings. The van der Waals surface area contributed by atoms with E-state index in [-0.39, 0.29) is 11.5 Å². The second-order valence-corrected chi connectivity index (χ2v) is 5.75. The van der Waals surface area contributed by atoms with Crippen molar-refractivity contribution in [2.24, 2.45) is 0 Å². The van der Waals surface area contributed by atoms with Crippen molar-refractivity contribution in [3.63, 3.8) is 0 Å². The van der Waals surface area contributed by atoms with E-state index in [0.717, 1.165) is 9.35 Å². The van der Waals surface area contributed by atoms with Crippen LogP contribution in [0.5, 0.6) is 0 Å². The minimum absolute atomic E-state index is 0.161. The van der Waals surface area contributed by atoms with Gasteiger partial charge in [0.15, 0.2) is 0 Å². The summed E-state index contributed by atoms with van der Waals surface area (Å²) in [5.74, 6) is -0.161. The molecule has 18 heavy (non-hydrogen) atoms. The molecule has 2 rings (SSSR count). The molecule has 0 unspecified atom stereocenters. The summed E-state index contributed by atoms with van der Waals surface area (Å²) in [4.78, 5) is 28.4. The molecule has 2 aromatic heterocycles. The second-order valence-electron chi connectivity index (χ2n) is 3.83. The van der Waals surface area contributed by atoms with Crippen molar-refractivity contribution in [3.05, 3.63) is 55.0 Å².